The van der Waals surface area contributed by atoms with Gasteiger partial charge in [-0.15, -0.1) is 6.42 Å². The van der Waals surface area contributed by atoms with Crippen LogP contribution in [0.1, 0.15) is 134 Å². The van der Waals surface area contributed by atoms with Crippen molar-refractivity contribution in [3.63, 3.8) is 0 Å². The average molecular weight is 566 g/mol. The van der Waals surface area contributed by atoms with E-state index in [2.05, 4.69) is 135 Å². The Balaban J connectivity index is 0.00000147. The van der Waals surface area contributed by atoms with E-state index in [4.69, 9.17) is 6.42 Å². The molecule has 1 heteroatoms. The molecule has 0 unspecified atom stereocenters. The monoisotopic (exact) mass is 565 g/mol. The van der Waals surface area contributed by atoms with Crippen molar-refractivity contribution in [1.29, 1.82) is 0 Å². The Morgan fingerprint density at radius 3 is 1.98 bits per heavy atom. The van der Waals surface area contributed by atoms with Crippen LogP contribution >= 0.6 is 0 Å². The van der Waals surface area contributed by atoms with Gasteiger partial charge in [0, 0.05) is 11.8 Å². The van der Waals surface area contributed by atoms with Gasteiger partial charge >= 0.3 is 0 Å². The second kappa shape index (κ2) is 21.4. The van der Waals surface area contributed by atoms with Crippen molar-refractivity contribution in [2.24, 2.45) is 5.92 Å². The van der Waals surface area contributed by atoms with Crippen LogP contribution in [-0.2, 0) is 6.42 Å². The van der Waals surface area contributed by atoms with Gasteiger partial charge in [-0.05, 0) is 101 Å². The third kappa shape index (κ3) is 11.9. The van der Waals surface area contributed by atoms with Gasteiger partial charge in [-0.25, -0.2) is 0 Å². The van der Waals surface area contributed by atoms with E-state index in [0.717, 1.165) is 28.8 Å². The summed E-state index contributed by atoms with van der Waals surface area (Å²) in [6.07, 6.45) is 16.0. The molecule has 0 saturated carbocycles. The largest absolute Gasteiger partial charge is 0.257 e. The number of unbranched alkanes of at least 4 members (excludes halogenated alkanes) is 2. The molecule has 1 nitrogen and oxygen atoms in total. The quantitative estimate of drug-likeness (QED) is 0.247. The number of hydrogen-bond donors (Lipinski definition) is 0. The lowest BCUT2D eigenvalue weighted by atomic mass is 9.91. The summed E-state index contributed by atoms with van der Waals surface area (Å²) in [4.78, 5) is 4.67. The van der Waals surface area contributed by atoms with Crippen molar-refractivity contribution < 1.29 is 0 Å². The summed E-state index contributed by atoms with van der Waals surface area (Å²) in [6.45, 7) is 29.9. The van der Waals surface area contributed by atoms with Crippen molar-refractivity contribution in [3.8, 4) is 23.5 Å². The number of aryl methyl sites for hydroxylation is 2. The van der Waals surface area contributed by atoms with Crippen LogP contribution < -0.4 is 0 Å². The molecule has 3 aromatic rings. The van der Waals surface area contributed by atoms with E-state index < -0.39 is 0 Å². The summed E-state index contributed by atoms with van der Waals surface area (Å²) in [7, 11) is 0. The van der Waals surface area contributed by atoms with E-state index in [1.165, 1.54) is 64.6 Å². The van der Waals surface area contributed by atoms with Crippen molar-refractivity contribution in [2.45, 2.75) is 115 Å². The van der Waals surface area contributed by atoms with Gasteiger partial charge in [0.1, 0.15) is 0 Å². The summed E-state index contributed by atoms with van der Waals surface area (Å²) < 4.78 is 0. The number of benzene rings is 2. The molecule has 0 saturated heterocycles. The molecule has 0 atom stereocenters. The van der Waals surface area contributed by atoms with Gasteiger partial charge in [0.2, 0.25) is 0 Å². The Morgan fingerprint density at radius 2 is 1.50 bits per heavy atom. The fraction of sp³-hybridized carbons (Fsp3) is 0.439. The molecule has 1 heterocycles. The lowest BCUT2D eigenvalue weighted by Gasteiger charge is -2.14. The third-order valence-corrected chi connectivity index (χ3v) is 7.27. The molecule has 2 aromatic carbocycles. The van der Waals surface area contributed by atoms with Crippen LogP contribution in [0.25, 0.3) is 28.3 Å². The highest BCUT2D eigenvalue weighted by Crippen LogP contribution is 2.30. The molecule has 0 fully saturated rings. The molecule has 1 aromatic heterocycles. The summed E-state index contributed by atoms with van der Waals surface area (Å²) >= 11 is 0. The first-order valence-corrected chi connectivity index (χ1v) is 16.1. The second-order valence-electron chi connectivity index (χ2n) is 10.8. The minimum atomic E-state index is 0.438. The summed E-state index contributed by atoms with van der Waals surface area (Å²) in [5.41, 5.74) is 12.7. The van der Waals surface area contributed by atoms with Gasteiger partial charge in [-0.2, -0.15) is 0 Å². The molecule has 0 amide bonds. The third-order valence-electron chi connectivity index (χ3n) is 7.27. The summed E-state index contributed by atoms with van der Waals surface area (Å²) in [6, 6.07) is 15.1. The van der Waals surface area contributed by atoms with Gasteiger partial charge in [-0.1, -0.05) is 131 Å². The Morgan fingerprint density at radius 1 is 0.905 bits per heavy atom. The number of terminal acetylenes is 1. The molecule has 0 radical (unpaired) electrons. The van der Waals surface area contributed by atoms with E-state index in [1.54, 1.807) is 0 Å². The smallest absolute Gasteiger partial charge is 0.0667 e. The van der Waals surface area contributed by atoms with Gasteiger partial charge in [0.25, 0.3) is 0 Å². The normalized spacial score (nSPS) is 10.3. The fourth-order valence-corrected chi connectivity index (χ4v) is 4.12. The first-order chi connectivity index (χ1) is 20.1. The van der Waals surface area contributed by atoms with Crippen molar-refractivity contribution in [3.05, 3.63) is 94.3 Å². The maximum atomic E-state index is 5.75. The lowest BCUT2D eigenvalue weighted by Crippen LogP contribution is -1.96. The van der Waals surface area contributed by atoms with Gasteiger partial charge in [0.05, 0.1) is 5.69 Å². The lowest BCUT2D eigenvalue weighted by molar-refractivity contribution is 0.857. The molecule has 0 spiro atoms. The Kier molecular flexibility index (Phi) is 19.6. The predicted octanol–water partition coefficient (Wildman–Crippen LogP) is 12.8. The Labute approximate surface area is 260 Å². The number of hydrogen-bond acceptors (Lipinski definition) is 1. The molecule has 0 aliphatic carbocycles. The highest BCUT2D eigenvalue weighted by molar-refractivity contribution is 5.84. The van der Waals surface area contributed by atoms with E-state index in [1.807, 2.05) is 20.0 Å². The van der Waals surface area contributed by atoms with E-state index in [0.29, 0.717) is 5.92 Å². The molecule has 228 valence electrons. The van der Waals surface area contributed by atoms with Crippen LogP contribution in [0.2, 0.25) is 0 Å². The minimum absolute atomic E-state index is 0.438. The molecule has 0 N–H and O–H groups in total. The highest BCUT2D eigenvalue weighted by atomic mass is 14.7. The molecule has 0 aliphatic rings. The molecular weight excluding hydrogens is 506 g/mol. The average Bonchev–Trinajstić information content (AvgIpc) is 3.02. The topological polar surface area (TPSA) is 12.9 Å². The van der Waals surface area contributed by atoms with Crippen molar-refractivity contribution in [2.75, 3.05) is 0 Å². The van der Waals surface area contributed by atoms with E-state index >= 15 is 0 Å². The first-order valence-electron chi connectivity index (χ1n) is 16.1. The van der Waals surface area contributed by atoms with Crippen LogP contribution in [0.15, 0.2) is 55.2 Å². The number of pyridine rings is 1. The maximum Gasteiger partial charge on any atom is 0.0667 e. The molecular formula is C41H59N. The van der Waals surface area contributed by atoms with Crippen LogP contribution in [0, 0.1) is 32.1 Å². The van der Waals surface area contributed by atoms with Crippen LogP contribution in [0.5, 0.6) is 0 Å². The Hall–Kier alpha value is -3.37. The fourth-order valence-electron chi connectivity index (χ4n) is 4.12. The number of rotatable bonds is 8. The molecule has 0 bridgehead atoms. The minimum Gasteiger partial charge on any atom is -0.257 e. The van der Waals surface area contributed by atoms with Crippen LogP contribution in [-0.4, -0.2) is 4.98 Å². The highest BCUT2D eigenvalue weighted by Gasteiger charge is 2.11. The van der Waals surface area contributed by atoms with E-state index in [-0.39, 0.29) is 0 Å². The molecule has 0 aliphatic heterocycles. The second-order valence-corrected chi connectivity index (χ2v) is 10.8. The zero-order chi connectivity index (χ0) is 32.2. The zero-order valence-corrected chi connectivity index (χ0v) is 29.0. The van der Waals surface area contributed by atoms with Gasteiger partial charge in [-0.3, -0.25) is 4.98 Å². The predicted molar refractivity (Wildman–Crippen MR) is 193 cm³/mol. The summed E-state index contributed by atoms with van der Waals surface area (Å²) in [5.74, 6) is 3.27. The molecule has 3 rings (SSSR count). The van der Waals surface area contributed by atoms with Gasteiger partial charge in [0.15, 0.2) is 0 Å². The van der Waals surface area contributed by atoms with E-state index in [9.17, 15) is 0 Å². The maximum absolute atomic E-state index is 5.75. The van der Waals surface area contributed by atoms with Crippen molar-refractivity contribution in [1.82, 2.24) is 4.98 Å². The van der Waals surface area contributed by atoms with Crippen LogP contribution in [0.3, 0.4) is 0 Å². The number of aromatic nitrogens is 1. The Bertz CT molecular complexity index is 1290. The number of nitrogens with zero attached hydrogens (tertiary/aromatic N) is 1. The number of allylic oxidation sites excluding steroid dienone is 2. The SMILES string of the molecule is C#Cc1cc(-c2ccnc(/C=C(\C)c3ccc(C(=C)C(C)C)cc3C)c2C)ccc1CC.CC.CCCC.CCCC. The first kappa shape index (κ1) is 38.6. The van der Waals surface area contributed by atoms with Crippen molar-refractivity contribution >= 4 is 17.2 Å². The van der Waals surface area contributed by atoms with Crippen LogP contribution in [0.4, 0.5) is 0 Å². The molecule has 42 heavy (non-hydrogen) atoms. The zero-order valence-electron chi connectivity index (χ0n) is 29.0. The standard InChI is InChI=1S/C31H33N.2C4H10.C2H6/c1-9-25-11-12-28(19-26(25)10-2)30-15-16-32-31(24(30)8)18-22(6)29-14-13-27(17-21(29)5)23(7)20(3)4;2*1-3-4-2;1-2/h2,11-20H,7,9H2,1,3-6,8H3;2*3-4H2,1-2H3;1-2H3/b22-18+;;;. The summed E-state index contributed by atoms with van der Waals surface area (Å²) in [5, 5.41) is 0. The van der Waals surface area contributed by atoms with Gasteiger partial charge < -0.3 is 0 Å².